The zero-order chi connectivity index (χ0) is 24.9. The van der Waals surface area contributed by atoms with Crippen molar-refractivity contribution in [2.24, 2.45) is 13.0 Å². The van der Waals surface area contributed by atoms with E-state index in [0.717, 1.165) is 48.4 Å². The van der Waals surface area contributed by atoms with E-state index in [1.807, 2.05) is 60.7 Å². The molecule has 3 aromatic carbocycles. The number of rotatable bonds is 7. The van der Waals surface area contributed by atoms with Crippen LogP contribution in [0.1, 0.15) is 29.9 Å². The van der Waals surface area contributed by atoms with E-state index in [4.69, 9.17) is 0 Å². The van der Waals surface area contributed by atoms with Gasteiger partial charge in [-0.25, -0.2) is 14.0 Å². The summed E-state index contributed by atoms with van der Waals surface area (Å²) in [5.74, 6) is 0.194. The van der Waals surface area contributed by atoms with Crippen LogP contribution >= 0.6 is 0 Å². The molecule has 1 saturated heterocycles. The van der Waals surface area contributed by atoms with Gasteiger partial charge in [0.1, 0.15) is 6.33 Å². The molecule has 4 aromatic rings. The maximum Gasteiger partial charge on any atom is 0.350 e. The third kappa shape index (κ3) is 5.10. The number of nitrogens with zero attached hydrogens (tertiary/aromatic N) is 4. The minimum absolute atomic E-state index is 0.0924. The molecule has 1 aliphatic rings. The van der Waals surface area contributed by atoms with Gasteiger partial charge >= 0.3 is 5.69 Å². The number of carbonyl (C=O) groups excluding carboxylic acids is 1. The van der Waals surface area contributed by atoms with E-state index in [1.165, 1.54) is 15.6 Å². The Labute approximate surface area is 211 Å². The number of aromatic nitrogens is 3. The fourth-order valence-corrected chi connectivity index (χ4v) is 5.07. The van der Waals surface area contributed by atoms with Gasteiger partial charge in [0.2, 0.25) is 5.91 Å². The number of nitrogens with one attached hydrogen (secondary N) is 1. The predicted octanol–water partition coefficient (Wildman–Crippen LogP) is 3.89. The molecule has 0 spiro atoms. The highest BCUT2D eigenvalue weighted by Gasteiger charge is 2.32. The van der Waals surface area contributed by atoms with Crippen LogP contribution in [0.3, 0.4) is 0 Å². The SMILES string of the molecule is Cn1ncn(-c2ccc(N3CCC(C(C(=O)NCc4ccccc4)c4ccccc4)CC3)cc2)c1=O. The number of hydrogen-bond donors (Lipinski definition) is 1. The summed E-state index contributed by atoms with van der Waals surface area (Å²) < 4.78 is 2.85. The van der Waals surface area contributed by atoms with E-state index in [1.54, 1.807) is 7.05 Å². The van der Waals surface area contributed by atoms with Gasteiger partial charge in [-0.3, -0.25) is 4.79 Å². The maximum absolute atomic E-state index is 13.4. The summed E-state index contributed by atoms with van der Waals surface area (Å²) in [6, 6.07) is 28.2. The monoisotopic (exact) mass is 481 g/mol. The number of aryl methyl sites for hydroxylation is 1. The zero-order valence-corrected chi connectivity index (χ0v) is 20.5. The molecule has 1 N–H and O–H groups in total. The van der Waals surface area contributed by atoms with Crippen LogP contribution < -0.4 is 15.9 Å². The van der Waals surface area contributed by atoms with Crippen molar-refractivity contribution in [3.63, 3.8) is 0 Å². The summed E-state index contributed by atoms with van der Waals surface area (Å²) in [6.07, 6.45) is 3.40. The fourth-order valence-electron chi connectivity index (χ4n) is 5.07. The van der Waals surface area contributed by atoms with Crippen molar-refractivity contribution in [3.8, 4) is 5.69 Å². The van der Waals surface area contributed by atoms with Crippen molar-refractivity contribution in [3.05, 3.63) is 113 Å². The lowest BCUT2D eigenvalue weighted by Crippen LogP contribution is -2.40. The third-order valence-electron chi connectivity index (χ3n) is 7.08. The van der Waals surface area contributed by atoms with E-state index < -0.39 is 0 Å². The van der Waals surface area contributed by atoms with Crippen LogP contribution in [-0.4, -0.2) is 33.3 Å². The van der Waals surface area contributed by atoms with Gasteiger partial charge in [0, 0.05) is 32.4 Å². The largest absolute Gasteiger partial charge is 0.372 e. The van der Waals surface area contributed by atoms with Crippen LogP contribution in [0.2, 0.25) is 0 Å². The predicted molar refractivity (Wildman–Crippen MR) is 141 cm³/mol. The number of amides is 1. The second kappa shape index (κ2) is 10.6. The Balaban J connectivity index is 1.26. The highest BCUT2D eigenvalue weighted by Crippen LogP contribution is 2.34. The molecule has 1 amide bonds. The average Bonchev–Trinajstić information content (AvgIpc) is 3.27. The Morgan fingerprint density at radius 1 is 0.917 bits per heavy atom. The lowest BCUT2D eigenvalue weighted by Gasteiger charge is -2.37. The lowest BCUT2D eigenvalue weighted by atomic mass is 9.79. The lowest BCUT2D eigenvalue weighted by molar-refractivity contribution is -0.124. The molecule has 1 aromatic heterocycles. The van der Waals surface area contributed by atoms with Crippen molar-refractivity contribution in [1.29, 1.82) is 0 Å². The Morgan fingerprint density at radius 3 is 2.14 bits per heavy atom. The molecule has 1 unspecified atom stereocenters. The first-order chi connectivity index (χ1) is 17.6. The standard InChI is InChI=1S/C29H31N5O2/c1-32-29(36)34(21-31-32)26-14-12-25(13-15-26)33-18-16-24(17-19-33)27(23-10-6-3-7-11-23)28(35)30-20-22-8-4-2-5-9-22/h2-15,21,24,27H,16-20H2,1H3,(H,30,35). The van der Waals surface area contributed by atoms with Crippen LogP contribution in [0.15, 0.2) is 96.1 Å². The molecule has 1 atom stereocenters. The van der Waals surface area contributed by atoms with Gasteiger partial charge in [-0.2, -0.15) is 5.10 Å². The first-order valence-electron chi connectivity index (χ1n) is 12.4. The van der Waals surface area contributed by atoms with Crippen LogP contribution in [-0.2, 0) is 18.4 Å². The molecule has 2 heterocycles. The normalized spacial score (nSPS) is 15.0. The second-order valence-corrected chi connectivity index (χ2v) is 9.34. The molecular weight excluding hydrogens is 450 g/mol. The van der Waals surface area contributed by atoms with Crippen LogP contribution in [0.5, 0.6) is 0 Å². The van der Waals surface area contributed by atoms with E-state index in [2.05, 4.69) is 39.6 Å². The summed E-state index contributed by atoms with van der Waals surface area (Å²) in [6.45, 7) is 2.30. The fraction of sp³-hybridized carbons (Fsp3) is 0.276. The number of anilines is 1. The molecule has 5 rings (SSSR count). The van der Waals surface area contributed by atoms with Crippen molar-refractivity contribution >= 4 is 11.6 Å². The van der Waals surface area contributed by atoms with Crippen LogP contribution in [0, 0.1) is 5.92 Å². The van der Waals surface area contributed by atoms with Crippen molar-refractivity contribution < 1.29 is 4.79 Å². The van der Waals surface area contributed by atoms with Gasteiger partial charge in [0.15, 0.2) is 0 Å². The number of benzene rings is 3. The Hall–Kier alpha value is -4.13. The summed E-state index contributed by atoms with van der Waals surface area (Å²) in [7, 11) is 1.64. The van der Waals surface area contributed by atoms with Crippen molar-refractivity contribution in [2.45, 2.75) is 25.3 Å². The molecule has 184 valence electrons. The Morgan fingerprint density at radius 2 is 1.53 bits per heavy atom. The summed E-state index contributed by atoms with van der Waals surface area (Å²) in [5.41, 5.74) is 3.93. The molecule has 0 aliphatic carbocycles. The summed E-state index contributed by atoms with van der Waals surface area (Å²) in [5, 5.41) is 7.20. The van der Waals surface area contributed by atoms with Gasteiger partial charge in [-0.15, -0.1) is 0 Å². The molecule has 0 radical (unpaired) electrons. The Kier molecular flexibility index (Phi) is 6.98. The first-order valence-corrected chi connectivity index (χ1v) is 12.4. The summed E-state index contributed by atoms with van der Waals surface area (Å²) in [4.78, 5) is 27.9. The highest BCUT2D eigenvalue weighted by atomic mass is 16.2. The molecule has 0 bridgehead atoms. The Bertz CT molecular complexity index is 1340. The van der Waals surface area contributed by atoms with E-state index >= 15 is 0 Å². The van der Waals surface area contributed by atoms with Gasteiger partial charge in [0.25, 0.3) is 0 Å². The average molecular weight is 482 g/mol. The number of piperidine rings is 1. The van der Waals surface area contributed by atoms with Crippen LogP contribution in [0.25, 0.3) is 5.69 Å². The van der Waals surface area contributed by atoms with Gasteiger partial charge in [-0.05, 0) is 54.2 Å². The topological polar surface area (TPSA) is 72.2 Å². The van der Waals surface area contributed by atoms with Gasteiger partial charge in [0.05, 0.1) is 11.6 Å². The molecule has 36 heavy (non-hydrogen) atoms. The van der Waals surface area contributed by atoms with Gasteiger partial charge in [-0.1, -0.05) is 60.7 Å². The maximum atomic E-state index is 13.4. The molecule has 1 aliphatic heterocycles. The second-order valence-electron chi connectivity index (χ2n) is 9.34. The minimum Gasteiger partial charge on any atom is -0.372 e. The zero-order valence-electron chi connectivity index (χ0n) is 20.5. The third-order valence-corrected chi connectivity index (χ3v) is 7.08. The summed E-state index contributed by atoms with van der Waals surface area (Å²) >= 11 is 0. The number of carbonyl (C=O) groups is 1. The molecular formula is C29H31N5O2. The number of hydrogen-bond acceptors (Lipinski definition) is 4. The molecule has 0 saturated carbocycles. The molecule has 1 fully saturated rings. The molecule has 7 heteroatoms. The quantitative estimate of drug-likeness (QED) is 0.435. The van der Waals surface area contributed by atoms with Crippen molar-refractivity contribution in [1.82, 2.24) is 19.7 Å². The smallest absolute Gasteiger partial charge is 0.350 e. The minimum atomic E-state index is -0.170. The van der Waals surface area contributed by atoms with E-state index in [0.29, 0.717) is 6.54 Å². The van der Waals surface area contributed by atoms with E-state index in [9.17, 15) is 9.59 Å². The van der Waals surface area contributed by atoms with E-state index in [-0.39, 0.29) is 23.4 Å². The van der Waals surface area contributed by atoms with Crippen molar-refractivity contribution in [2.75, 3.05) is 18.0 Å². The van der Waals surface area contributed by atoms with Gasteiger partial charge < -0.3 is 10.2 Å². The first kappa shape index (κ1) is 23.6. The van der Waals surface area contributed by atoms with Crippen LogP contribution in [0.4, 0.5) is 5.69 Å². The molecule has 7 nitrogen and oxygen atoms in total. The highest BCUT2D eigenvalue weighted by molar-refractivity contribution is 5.84.